The van der Waals surface area contributed by atoms with Crippen molar-refractivity contribution >= 4 is 21.8 Å². The van der Waals surface area contributed by atoms with Crippen molar-refractivity contribution < 1.29 is 0 Å². The molecule has 0 saturated carbocycles. The first-order valence-electron chi connectivity index (χ1n) is 6.33. The third-order valence-corrected chi connectivity index (χ3v) is 3.50. The highest BCUT2D eigenvalue weighted by atomic mass is 14.7. The number of nitrogens with one attached hydrogen (secondary N) is 1. The van der Waals surface area contributed by atoms with Gasteiger partial charge in [-0.05, 0) is 11.6 Å². The molecule has 0 amide bonds. The molecule has 0 spiro atoms. The molecule has 0 bridgehead atoms. The Kier molecular flexibility index (Phi) is 2.15. The number of aromatic amines is 1. The fourth-order valence-corrected chi connectivity index (χ4v) is 2.64. The minimum absolute atomic E-state index is 1.09. The van der Waals surface area contributed by atoms with Gasteiger partial charge in [-0.15, -0.1) is 0 Å². The normalized spacial score (nSPS) is 11.2. The van der Waals surface area contributed by atoms with Gasteiger partial charge < -0.3 is 4.98 Å². The average molecular weight is 244 g/mol. The molecule has 0 unspecified atom stereocenters. The van der Waals surface area contributed by atoms with Crippen LogP contribution in [0.1, 0.15) is 0 Å². The van der Waals surface area contributed by atoms with Crippen LogP contribution in [0.2, 0.25) is 0 Å². The fraction of sp³-hybridized carbons (Fsp3) is 0. The zero-order valence-electron chi connectivity index (χ0n) is 10.3. The van der Waals surface area contributed by atoms with E-state index in [0.717, 1.165) is 11.0 Å². The summed E-state index contributed by atoms with van der Waals surface area (Å²) in [5.41, 5.74) is 4.62. The fourth-order valence-electron chi connectivity index (χ4n) is 2.64. The van der Waals surface area contributed by atoms with E-state index in [0.29, 0.717) is 0 Å². The molecule has 0 atom stereocenters. The first-order chi connectivity index (χ1) is 9.43. The standard InChI is InChI=1S/C17H12N2/c1-2-6-12(7-3-1)14-10-18-11-16-17(14)13-8-4-5-9-15(13)19-16/h1-11,19H. The molecule has 19 heavy (non-hydrogen) atoms. The van der Waals surface area contributed by atoms with E-state index in [-0.39, 0.29) is 0 Å². The van der Waals surface area contributed by atoms with E-state index >= 15 is 0 Å². The van der Waals surface area contributed by atoms with E-state index in [1.807, 2.05) is 24.5 Å². The zero-order chi connectivity index (χ0) is 12.7. The molecule has 2 nitrogen and oxygen atoms in total. The van der Waals surface area contributed by atoms with Gasteiger partial charge in [0.2, 0.25) is 0 Å². The van der Waals surface area contributed by atoms with Crippen molar-refractivity contribution in [2.45, 2.75) is 0 Å². The lowest BCUT2D eigenvalue weighted by molar-refractivity contribution is 1.35. The van der Waals surface area contributed by atoms with Crippen molar-refractivity contribution in [3.63, 3.8) is 0 Å². The minimum Gasteiger partial charge on any atom is -0.353 e. The molecule has 2 heterocycles. The van der Waals surface area contributed by atoms with Gasteiger partial charge in [0.25, 0.3) is 0 Å². The largest absolute Gasteiger partial charge is 0.353 e. The van der Waals surface area contributed by atoms with Crippen LogP contribution >= 0.6 is 0 Å². The summed E-state index contributed by atoms with van der Waals surface area (Å²) in [6.45, 7) is 0. The average Bonchev–Trinajstić information content (AvgIpc) is 2.86. The van der Waals surface area contributed by atoms with E-state index in [2.05, 4.69) is 52.4 Å². The van der Waals surface area contributed by atoms with Gasteiger partial charge >= 0.3 is 0 Å². The number of aromatic nitrogens is 2. The van der Waals surface area contributed by atoms with Crippen LogP contribution in [-0.4, -0.2) is 9.97 Å². The quantitative estimate of drug-likeness (QED) is 0.528. The Labute approximate surface area is 110 Å². The molecule has 0 saturated heterocycles. The summed E-state index contributed by atoms with van der Waals surface area (Å²) in [6.07, 6.45) is 3.83. The smallest absolute Gasteiger partial charge is 0.0657 e. The Morgan fingerprint density at radius 3 is 2.42 bits per heavy atom. The monoisotopic (exact) mass is 244 g/mol. The number of nitrogens with zero attached hydrogens (tertiary/aromatic N) is 1. The van der Waals surface area contributed by atoms with E-state index in [1.54, 1.807) is 0 Å². The maximum absolute atomic E-state index is 4.35. The van der Waals surface area contributed by atoms with Gasteiger partial charge in [-0.1, -0.05) is 48.5 Å². The van der Waals surface area contributed by atoms with Gasteiger partial charge in [0.05, 0.1) is 11.7 Å². The van der Waals surface area contributed by atoms with Gasteiger partial charge in [0.15, 0.2) is 0 Å². The summed E-state index contributed by atoms with van der Waals surface area (Å²) in [5.74, 6) is 0. The number of benzene rings is 2. The second-order valence-electron chi connectivity index (χ2n) is 4.65. The molecule has 2 heteroatoms. The molecule has 0 radical (unpaired) electrons. The minimum atomic E-state index is 1.09. The van der Waals surface area contributed by atoms with Crippen LogP contribution in [0.5, 0.6) is 0 Å². The molecule has 0 aliphatic rings. The zero-order valence-corrected chi connectivity index (χ0v) is 10.3. The van der Waals surface area contributed by atoms with Crippen LogP contribution in [0.15, 0.2) is 67.0 Å². The first-order valence-corrected chi connectivity index (χ1v) is 6.33. The van der Waals surface area contributed by atoms with E-state index in [4.69, 9.17) is 0 Å². The maximum Gasteiger partial charge on any atom is 0.0657 e. The van der Waals surface area contributed by atoms with Gasteiger partial charge in [-0.3, -0.25) is 4.98 Å². The predicted octanol–water partition coefficient (Wildman–Crippen LogP) is 4.38. The molecular weight excluding hydrogens is 232 g/mol. The molecule has 4 aromatic rings. The second-order valence-corrected chi connectivity index (χ2v) is 4.65. The number of pyridine rings is 1. The lowest BCUT2D eigenvalue weighted by Gasteiger charge is -2.03. The highest BCUT2D eigenvalue weighted by Crippen LogP contribution is 2.33. The summed E-state index contributed by atoms with van der Waals surface area (Å²) in [5, 5.41) is 2.50. The van der Waals surface area contributed by atoms with Crippen molar-refractivity contribution in [1.82, 2.24) is 9.97 Å². The molecule has 2 aromatic heterocycles. The van der Waals surface area contributed by atoms with Crippen LogP contribution in [0, 0.1) is 0 Å². The predicted molar refractivity (Wildman–Crippen MR) is 79.0 cm³/mol. The highest BCUT2D eigenvalue weighted by Gasteiger charge is 2.09. The van der Waals surface area contributed by atoms with Crippen molar-refractivity contribution in [1.29, 1.82) is 0 Å². The van der Waals surface area contributed by atoms with Crippen molar-refractivity contribution in [2.75, 3.05) is 0 Å². The molecule has 0 aliphatic carbocycles. The third-order valence-electron chi connectivity index (χ3n) is 3.50. The van der Waals surface area contributed by atoms with Gasteiger partial charge in [0.1, 0.15) is 0 Å². The molecule has 0 fully saturated rings. The van der Waals surface area contributed by atoms with Crippen molar-refractivity contribution in [3.8, 4) is 11.1 Å². The molecule has 0 aliphatic heterocycles. The van der Waals surface area contributed by atoms with Crippen molar-refractivity contribution in [3.05, 3.63) is 67.0 Å². The number of hydrogen-bond acceptors (Lipinski definition) is 1. The SMILES string of the molecule is c1ccc(-c2cncc3[nH]c4ccccc4c23)cc1. The van der Waals surface area contributed by atoms with Gasteiger partial charge in [-0.2, -0.15) is 0 Å². The highest BCUT2D eigenvalue weighted by molar-refractivity contribution is 6.13. The lowest BCUT2D eigenvalue weighted by Crippen LogP contribution is -1.81. The van der Waals surface area contributed by atoms with Crippen molar-refractivity contribution in [2.24, 2.45) is 0 Å². The number of H-pyrrole nitrogens is 1. The molecule has 2 aromatic carbocycles. The summed E-state index contributed by atoms with van der Waals surface area (Å²) in [4.78, 5) is 7.78. The van der Waals surface area contributed by atoms with Crippen LogP contribution in [-0.2, 0) is 0 Å². The Balaban J connectivity index is 2.17. The van der Waals surface area contributed by atoms with Crippen LogP contribution in [0.3, 0.4) is 0 Å². The van der Waals surface area contributed by atoms with Gasteiger partial charge in [0, 0.05) is 28.0 Å². The number of rotatable bonds is 1. The van der Waals surface area contributed by atoms with E-state index in [9.17, 15) is 0 Å². The molecule has 90 valence electrons. The van der Waals surface area contributed by atoms with E-state index in [1.165, 1.54) is 21.9 Å². The Morgan fingerprint density at radius 2 is 1.53 bits per heavy atom. The summed E-state index contributed by atoms with van der Waals surface area (Å²) in [6, 6.07) is 18.8. The second kappa shape index (κ2) is 3.95. The van der Waals surface area contributed by atoms with Crippen LogP contribution in [0.4, 0.5) is 0 Å². The lowest BCUT2D eigenvalue weighted by atomic mass is 10.0. The molecule has 1 N–H and O–H groups in total. The summed E-state index contributed by atoms with van der Waals surface area (Å²) >= 11 is 0. The van der Waals surface area contributed by atoms with Crippen LogP contribution < -0.4 is 0 Å². The van der Waals surface area contributed by atoms with Crippen LogP contribution in [0.25, 0.3) is 32.9 Å². The van der Waals surface area contributed by atoms with E-state index < -0.39 is 0 Å². The molecule has 4 rings (SSSR count). The maximum atomic E-state index is 4.35. The Morgan fingerprint density at radius 1 is 0.737 bits per heavy atom. The third kappa shape index (κ3) is 1.54. The Bertz CT molecular complexity index is 860. The summed E-state index contributed by atoms with van der Waals surface area (Å²) < 4.78 is 0. The topological polar surface area (TPSA) is 28.7 Å². The first kappa shape index (κ1) is 10.3. The Hall–Kier alpha value is -2.61. The number of para-hydroxylation sites is 1. The summed E-state index contributed by atoms with van der Waals surface area (Å²) in [7, 11) is 0. The molecular formula is C17H12N2. The van der Waals surface area contributed by atoms with Gasteiger partial charge in [-0.25, -0.2) is 0 Å². The number of hydrogen-bond donors (Lipinski definition) is 1. The number of fused-ring (bicyclic) bond motifs is 3.